The molecule has 20 heavy (non-hydrogen) atoms. The van der Waals surface area contributed by atoms with Crippen LogP contribution in [-0.4, -0.2) is 12.5 Å². The van der Waals surface area contributed by atoms with Crippen molar-refractivity contribution in [2.24, 2.45) is 0 Å². The highest BCUT2D eigenvalue weighted by Gasteiger charge is 2.16. The topological polar surface area (TPSA) is 46.3 Å². The third kappa shape index (κ3) is 5.24. The quantitative estimate of drug-likeness (QED) is 0.537. The van der Waals surface area contributed by atoms with Crippen molar-refractivity contribution < 1.29 is 4.79 Å². The molecule has 0 aliphatic rings. The number of hydrogen-bond acceptors (Lipinski definition) is 2. The summed E-state index contributed by atoms with van der Waals surface area (Å²) < 4.78 is 0. The van der Waals surface area contributed by atoms with Crippen molar-refractivity contribution in [2.45, 2.75) is 58.8 Å². The number of para-hydroxylation sites is 2. The van der Waals surface area contributed by atoms with Gasteiger partial charge in [0.15, 0.2) is 0 Å². The molecule has 3 heteroatoms. The maximum absolute atomic E-state index is 12.4. The fraction of sp³-hybridized carbons (Fsp3) is 0.588. The van der Waals surface area contributed by atoms with Crippen molar-refractivity contribution in [3.05, 3.63) is 24.3 Å². The van der Waals surface area contributed by atoms with Gasteiger partial charge in [0, 0.05) is 13.0 Å². The minimum Gasteiger partial charge on any atom is -0.397 e. The van der Waals surface area contributed by atoms with Gasteiger partial charge in [0.1, 0.15) is 0 Å². The van der Waals surface area contributed by atoms with Crippen LogP contribution in [0.3, 0.4) is 0 Å². The van der Waals surface area contributed by atoms with E-state index in [0.29, 0.717) is 12.1 Å². The van der Waals surface area contributed by atoms with Crippen LogP contribution in [0.5, 0.6) is 0 Å². The predicted octanol–water partition coefficient (Wildman–Crippen LogP) is 4.37. The number of nitrogens with two attached hydrogens (primary N) is 1. The zero-order chi connectivity index (χ0) is 14.8. The number of carbonyl (C=O) groups excluding carboxylic acids is 1. The van der Waals surface area contributed by atoms with Crippen LogP contribution in [0.2, 0.25) is 0 Å². The number of unbranched alkanes of at least 4 members (excludes halogenated alkanes) is 4. The summed E-state index contributed by atoms with van der Waals surface area (Å²) in [5.74, 6) is 0.196. The average molecular weight is 276 g/mol. The Labute approximate surface area is 123 Å². The fourth-order valence-electron chi connectivity index (χ4n) is 2.35. The van der Waals surface area contributed by atoms with Crippen molar-refractivity contribution in [3.63, 3.8) is 0 Å². The van der Waals surface area contributed by atoms with E-state index in [1.54, 1.807) is 0 Å². The molecule has 0 radical (unpaired) electrons. The standard InChI is InChI=1S/C17H28N2O/c1-3-5-6-7-8-13-17(20)19(14-4-2)16-12-10-9-11-15(16)18/h9-12H,3-8,13-14,18H2,1-2H3. The van der Waals surface area contributed by atoms with Crippen LogP contribution in [0.15, 0.2) is 24.3 Å². The first-order valence-corrected chi connectivity index (χ1v) is 7.85. The molecule has 0 aliphatic heterocycles. The minimum absolute atomic E-state index is 0.196. The number of anilines is 2. The largest absolute Gasteiger partial charge is 0.397 e. The average Bonchev–Trinajstić information content (AvgIpc) is 2.45. The first-order chi connectivity index (χ1) is 9.70. The molecule has 0 aliphatic carbocycles. The number of nitrogen functional groups attached to an aromatic ring is 1. The molecule has 0 aromatic heterocycles. The van der Waals surface area contributed by atoms with Gasteiger partial charge in [-0.15, -0.1) is 0 Å². The molecule has 0 saturated carbocycles. The van der Waals surface area contributed by atoms with Crippen LogP contribution >= 0.6 is 0 Å². The summed E-state index contributed by atoms with van der Waals surface area (Å²) in [5, 5.41) is 0. The van der Waals surface area contributed by atoms with Gasteiger partial charge in [-0.25, -0.2) is 0 Å². The molecule has 0 atom stereocenters. The van der Waals surface area contributed by atoms with Crippen LogP contribution in [0, 0.1) is 0 Å². The van der Waals surface area contributed by atoms with Gasteiger partial charge in [0.05, 0.1) is 11.4 Å². The number of nitrogens with zero attached hydrogens (tertiary/aromatic N) is 1. The number of rotatable bonds is 9. The number of hydrogen-bond donors (Lipinski definition) is 1. The van der Waals surface area contributed by atoms with Crippen LogP contribution in [0.4, 0.5) is 11.4 Å². The first kappa shape index (κ1) is 16.5. The lowest BCUT2D eigenvalue weighted by Crippen LogP contribution is -2.32. The third-order valence-electron chi connectivity index (χ3n) is 3.47. The van der Waals surface area contributed by atoms with Crippen molar-refractivity contribution in [2.75, 3.05) is 17.2 Å². The highest BCUT2D eigenvalue weighted by Crippen LogP contribution is 2.24. The Hall–Kier alpha value is -1.51. The van der Waals surface area contributed by atoms with Crippen LogP contribution in [-0.2, 0) is 4.79 Å². The van der Waals surface area contributed by atoms with Gasteiger partial charge in [-0.3, -0.25) is 4.79 Å². The van der Waals surface area contributed by atoms with Crippen LogP contribution in [0.25, 0.3) is 0 Å². The van der Waals surface area contributed by atoms with Gasteiger partial charge in [0.2, 0.25) is 5.91 Å². The van der Waals surface area contributed by atoms with Gasteiger partial charge in [-0.05, 0) is 25.0 Å². The van der Waals surface area contributed by atoms with Gasteiger partial charge in [0.25, 0.3) is 0 Å². The van der Waals surface area contributed by atoms with Gasteiger partial charge >= 0.3 is 0 Å². The third-order valence-corrected chi connectivity index (χ3v) is 3.47. The van der Waals surface area contributed by atoms with E-state index in [-0.39, 0.29) is 5.91 Å². The number of carbonyl (C=O) groups is 1. The molecule has 1 aromatic rings. The van der Waals surface area contributed by atoms with E-state index in [2.05, 4.69) is 13.8 Å². The normalized spacial score (nSPS) is 10.5. The summed E-state index contributed by atoms with van der Waals surface area (Å²) in [6.45, 7) is 5.02. The van der Waals surface area contributed by atoms with Crippen LogP contribution in [0.1, 0.15) is 58.8 Å². The molecular formula is C17H28N2O. The van der Waals surface area contributed by atoms with Crippen molar-refractivity contribution in [1.29, 1.82) is 0 Å². The highest BCUT2D eigenvalue weighted by atomic mass is 16.2. The molecular weight excluding hydrogens is 248 g/mol. The Bertz CT molecular complexity index is 404. The molecule has 1 rings (SSSR count). The van der Waals surface area contributed by atoms with E-state index >= 15 is 0 Å². The van der Waals surface area contributed by atoms with E-state index < -0.39 is 0 Å². The molecule has 112 valence electrons. The molecule has 0 heterocycles. The van der Waals surface area contributed by atoms with Gasteiger partial charge < -0.3 is 10.6 Å². The summed E-state index contributed by atoms with van der Waals surface area (Å²) in [6.07, 6.45) is 7.41. The van der Waals surface area contributed by atoms with E-state index in [0.717, 1.165) is 31.5 Å². The lowest BCUT2D eigenvalue weighted by atomic mass is 10.1. The first-order valence-electron chi connectivity index (χ1n) is 7.85. The monoisotopic (exact) mass is 276 g/mol. The maximum atomic E-state index is 12.4. The Morgan fingerprint density at radius 1 is 1.05 bits per heavy atom. The summed E-state index contributed by atoms with van der Waals surface area (Å²) in [7, 11) is 0. The molecule has 0 unspecified atom stereocenters. The molecule has 2 N–H and O–H groups in total. The maximum Gasteiger partial charge on any atom is 0.227 e. The summed E-state index contributed by atoms with van der Waals surface area (Å²) in [5.41, 5.74) is 7.53. The Kier molecular flexibility index (Phi) is 7.78. The molecule has 0 fully saturated rings. The second kappa shape index (κ2) is 9.40. The Morgan fingerprint density at radius 2 is 1.75 bits per heavy atom. The molecule has 1 amide bonds. The lowest BCUT2D eigenvalue weighted by Gasteiger charge is -2.23. The fourth-order valence-corrected chi connectivity index (χ4v) is 2.35. The Morgan fingerprint density at radius 3 is 2.40 bits per heavy atom. The second-order valence-corrected chi connectivity index (χ2v) is 5.27. The molecule has 0 saturated heterocycles. The SMILES string of the molecule is CCCCCCCC(=O)N(CCC)c1ccccc1N. The van der Waals surface area contributed by atoms with E-state index in [1.807, 2.05) is 29.2 Å². The minimum atomic E-state index is 0.196. The van der Waals surface area contributed by atoms with Crippen LogP contribution < -0.4 is 10.6 Å². The highest BCUT2D eigenvalue weighted by molar-refractivity contribution is 5.96. The molecule has 0 spiro atoms. The van der Waals surface area contributed by atoms with Crippen molar-refractivity contribution >= 4 is 17.3 Å². The van der Waals surface area contributed by atoms with E-state index in [1.165, 1.54) is 19.3 Å². The van der Waals surface area contributed by atoms with Crippen molar-refractivity contribution in [1.82, 2.24) is 0 Å². The van der Waals surface area contributed by atoms with E-state index in [4.69, 9.17) is 5.73 Å². The van der Waals surface area contributed by atoms with Gasteiger partial charge in [-0.1, -0.05) is 51.7 Å². The smallest absolute Gasteiger partial charge is 0.227 e. The molecule has 1 aromatic carbocycles. The zero-order valence-electron chi connectivity index (χ0n) is 12.9. The molecule has 0 bridgehead atoms. The predicted molar refractivity (Wildman–Crippen MR) is 86.9 cm³/mol. The lowest BCUT2D eigenvalue weighted by molar-refractivity contribution is -0.118. The number of amides is 1. The summed E-state index contributed by atoms with van der Waals surface area (Å²) in [6, 6.07) is 7.62. The van der Waals surface area contributed by atoms with E-state index in [9.17, 15) is 4.79 Å². The summed E-state index contributed by atoms with van der Waals surface area (Å²) in [4.78, 5) is 14.2. The Balaban J connectivity index is 2.57. The summed E-state index contributed by atoms with van der Waals surface area (Å²) >= 11 is 0. The second-order valence-electron chi connectivity index (χ2n) is 5.27. The zero-order valence-corrected chi connectivity index (χ0v) is 12.9. The number of benzene rings is 1. The van der Waals surface area contributed by atoms with Crippen molar-refractivity contribution in [3.8, 4) is 0 Å². The molecule has 3 nitrogen and oxygen atoms in total. The van der Waals surface area contributed by atoms with Gasteiger partial charge in [-0.2, -0.15) is 0 Å².